The van der Waals surface area contributed by atoms with Gasteiger partial charge in [-0.2, -0.15) is 0 Å². The Balaban J connectivity index is 2.51. The second-order valence-electron chi connectivity index (χ2n) is 2.31. The molecule has 0 aliphatic heterocycles. The van der Waals surface area contributed by atoms with Gasteiger partial charge in [-0.25, -0.2) is 4.52 Å². The molecule has 0 unspecified atom stereocenters. The summed E-state index contributed by atoms with van der Waals surface area (Å²) < 4.78 is 1.83. The predicted molar refractivity (Wildman–Crippen MR) is 40.1 cm³/mol. The minimum Gasteiger partial charge on any atom is -0.330 e. The van der Waals surface area contributed by atoms with Gasteiger partial charge in [-0.1, -0.05) is 0 Å². The van der Waals surface area contributed by atoms with Gasteiger partial charge in [-0.3, -0.25) is 5.10 Å². The molecule has 0 bridgehead atoms. The van der Waals surface area contributed by atoms with Gasteiger partial charge in [0.15, 0.2) is 11.5 Å². The Morgan fingerprint density at radius 3 is 3.27 bits per heavy atom. The van der Waals surface area contributed by atoms with Crippen molar-refractivity contribution in [3.8, 4) is 0 Å². The Morgan fingerprint density at radius 2 is 2.45 bits per heavy atom. The van der Waals surface area contributed by atoms with Crippen molar-refractivity contribution in [2.45, 2.75) is 6.42 Å². The number of fused-ring (bicyclic) bond motifs is 1. The monoisotopic (exact) mass is 151 g/mol. The summed E-state index contributed by atoms with van der Waals surface area (Å²) in [6, 6.07) is 1.87. The van der Waals surface area contributed by atoms with Gasteiger partial charge in [-0.15, -0.1) is 10.2 Å². The van der Waals surface area contributed by atoms with Crippen LogP contribution in [0.4, 0.5) is 0 Å². The maximum Gasteiger partial charge on any atom is 0.177 e. The second kappa shape index (κ2) is 2.35. The number of nitrogens with zero attached hydrogens (tertiary/aromatic N) is 3. The van der Waals surface area contributed by atoms with Crippen molar-refractivity contribution in [2.24, 2.45) is 5.73 Å². The minimum absolute atomic E-state index is 0.597. The molecule has 58 valence electrons. The number of nitrogens with one attached hydrogen (secondary N) is 1. The van der Waals surface area contributed by atoms with Gasteiger partial charge in [0.1, 0.15) is 0 Å². The first kappa shape index (κ1) is 6.36. The number of rotatable bonds is 2. The summed E-state index contributed by atoms with van der Waals surface area (Å²) in [5.74, 6) is 0.882. The number of nitrogens with two attached hydrogens (primary N) is 1. The Kier molecular flexibility index (Phi) is 1.36. The fourth-order valence-corrected chi connectivity index (χ4v) is 1.06. The van der Waals surface area contributed by atoms with E-state index in [0.717, 1.165) is 17.9 Å². The highest BCUT2D eigenvalue weighted by atomic mass is 15.4. The summed E-state index contributed by atoms with van der Waals surface area (Å²) in [6.07, 6.45) is 2.58. The lowest BCUT2D eigenvalue weighted by Gasteiger charge is -1.90. The molecule has 0 radical (unpaired) electrons. The van der Waals surface area contributed by atoms with Gasteiger partial charge in [0.05, 0.1) is 0 Å². The molecular weight excluding hydrogens is 142 g/mol. The zero-order valence-corrected chi connectivity index (χ0v) is 5.99. The summed E-state index contributed by atoms with van der Waals surface area (Å²) >= 11 is 0. The van der Waals surface area contributed by atoms with Gasteiger partial charge in [-0.05, 0) is 6.54 Å². The molecular formula is C6H9N5. The van der Waals surface area contributed by atoms with E-state index in [1.807, 2.05) is 16.8 Å². The van der Waals surface area contributed by atoms with E-state index in [0.29, 0.717) is 6.54 Å². The fourth-order valence-electron chi connectivity index (χ4n) is 1.06. The molecule has 0 aromatic carbocycles. The number of hydrogen-bond donors (Lipinski definition) is 2. The molecule has 0 spiro atoms. The molecule has 5 nitrogen and oxygen atoms in total. The number of aromatic amines is 1. The molecule has 5 heteroatoms. The van der Waals surface area contributed by atoms with Crippen molar-refractivity contribution in [1.82, 2.24) is 19.8 Å². The Hall–Kier alpha value is -1.36. The van der Waals surface area contributed by atoms with Gasteiger partial charge >= 0.3 is 0 Å². The molecule has 0 saturated carbocycles. The van der Waals surface area contributed by atoms with Crippen LogP contribution in [-0.2, 0) is 6.42 Å². The van der Waals surface area contributed by atoms with Crippen LogP contribution in [0, 0.1) is 0 Å². The fraction of sp³-hybridized carbons (Fsp3) is 0.333. The van der Waals surface area contributed by atoms with Gasteiger partial charge in [0, 0.05) is 18.7 Å². The summed E-state index contributed by atoms with van der Waals surface area (Å²) in [6.45, 7) is 0.597. The lowest BCUT2D eigenvalue weighted by Crippen LogP contribution is -2.06. The molecule has 2 aromatic rings. The van der Waals surface area contributed by atoms with E-state index in [1.54, 1.807) is 0 Å². The van der Waals surface area contributed by atoms with Crippen molar-refractivity contribution in [1.29, 1.82) is 0 Å². The molecule has 2 aromatic heterocycles. The van der Waals surface area contributed by atoms with Gasteiger partial charge in [0.2, 0.25) is 0 Å². The highest BCUT2D eigenvalue weighted by Gasteiger charge is 2.02. The first-order chi connectivity index (χ1) is 5.42. The van der Waals surface area contributed by atoms with Crippen molar-refractivity contribution in [3.05, 3.63) is 18.1 Å². The highest BCUT2D eigenvalue weighted by molar-refractivity contribution is 5.34. The molecule has 0 atom stereocenters. The molecule has 0 aliphatic rings. The molecule has 0 aliphatic carbocycles. The average molecular weight is 151 g/mol. The van der Waals surface area contributed by atoms with Crippen LogP contribution in [0.3, 0.4) is 0 Å². The Morgan fingerprint density at radius 1 is 1.55 bits per heavy atom. The van der Waals surface area contributed by atoms with Crippen molar-refractivity contribution >= 4 is 5.65 Å². The standard InChI is InChI=1S/C6H9N5/c7-3-1-5-9-10-6-2-4-8-11(5)6/h2,4,8H,1,3,7H2. The van der Waals surface area contributed by atoms with Gasteiger partial charge < -0.3 is 5.73 Å². The first-order valence-electron chi connectivity index (χ1n) is 3.49. The third kappa shape index (κ3) is 0.894. The smallest absolute Gasteiger partial charge is 0.177 e. The maximum atomic E-state index is 5.38. The topological polar surface area (TPSA) is 72.0 Å². The molecule has 0 amide bonds. The number of hydrogen-bond acceptors (Lipinski definition) is 3. The van der Waals surface area contributed by atoms with E-state index in [4.69, 9.17) is 5.73 Å². The SMILES string of the molecule is NCCc1nnc2cc[nH]n12. The lowest BCUT2D eigenvalue weighted by atomic mass is 10.4. The third-order valence-corrected chi connectivity index (χ3v) is 1.56. The highest BCUT2D eigenvalue weighted by Crippen LogP contribution is 2.00. The largest absolute Gasteiger partial charge is 0.330 e. The quantitative estimate of drug-likeness (QED) is 0.611. The first-order valence-corrected chi connectivity index (χ1v) is 3.49. The maximum absolute atomic E-state index is 5.38. The van der Waals surface area contributed by atoms with Crippen LogP contribution in [0.15, 0.2) is 12.3 Å². The summed E-state index contributed by atoms with van der Waals surface area (Å²) in [5.41, 5.74) is 6.23. The van der Waals surface area contributed by atoms with E-state index in [9.17, 15) is 0 Å². The summed E-state index contributed by atoms with van der Waals surface area (Å²) in [4.78, 5) is 0. The summed E-state index contributed by atoms with van der Waals surface area (Å²) in [5, 5.41) is 10.9. The normalized spacial score (nSPS) is 11.0. The van der Waals surface area contributed by atoms with E-state index in [1.165, 1.54) is 0 Å². The predicted octanol–water partition coefficient (Wildman–Crippen LogP) is -0.441. The van der Waals surface area contributed by atoms with Crippen LogP contribution in [0.25, 0.3) is 5.65 Å². The molecule has 11 heavy (non-hydrogen) atoms. The second-order valence-corrected chi connectivity index (χ2v) is 2.31. The van der Waals surface area contributed by atoms with Crippen molar-refractivity contribution < 1.29 is 0 Å². The molecule has 3 N–H and O–H groups in total. The van der Waals surface area contributed by atoms with Crippen LogP contribution in [0.2, 0.25) is 0 Å². The molecule has 0 fully saturated rings. The Bertz CT molecular complexity index is 346. The van der Waals surface area contributed by atoms with Crippen LogP contribution in [0.1, 0.15) is 5.82 Å². The van der Waals surface area contributed by atoms with E-state index in [-0.39, 0.29) is 0 Å². The van der Waals surface area contributed by atoms with Crippen LogP contribution >= 0.6 is 0 Å². The van der Waals surface area contributed by atoms with Crippen LogP contribution in [0.5, 0.6) is 0 Å². The minimum atomic E-state index is 0.597. The Labute approximate surface area is 63.2 Å². The average Bonchev–Trinajstić information content (AvgIpc) is 2.53. The molecule has 2 heterocycles. The third-order valence-electron chi connectivity index (χ3n) is 1.56. The zero-order chi connectivity index (χ0) is 7.68. The number of aromatic nitrogens is 4. The molecule has 0 saturated heterocycles. The lowest BCUT2D eigenvalue weighted by molar-refractivity contribution is 0.798. The van der Waals surface area contributed by atoms with Crippen LogP contribution in [-0.4, -0.2) is 26.4 Å². The van der Waals surface area contributed by atoms with E-state index in [2.05, 4.69) is 15.3 Å². The zero-order valence-electron chi connectivity index (χ0n) is 5.99. The molecule has 2 rings (SSSR count). The van der Waals surface area contributed by atoms with E-state index < -0.39 is 0 Å². The van der Waals surface area contributed by atoms with Crippen molar-refractivity contribution in [2.75, 3.05) is 6.54 Å². The summed E-state index contributed by atoms with van der Waals surface area (Å²) in [7, 11) is 0. The van der Waals surface area contributed by atoms with E-state index >= 15 is 0 Å². The van der Waals surface area contributed by atoms with Crippen molar-refractivity contribution in [3.63, 3.8) is 0 Å². The number of H-pyrrole nitrogens is 1. The van der Waals surface area contributed by atoms with Crippen LogP contribution < -0.4 is 5.73 Å². The van der Waals surface area contributed by atoms with Gasteiger partial charge in [0.25, 0.3) is 0 Å².